The van der Waals surface area contributed by atoms with E-state index in [0.29, 0.717) is 35.1 Å². The third-order valence-corrected chi connectivity index (χ3v) is 6.51. The van der Waals surface area contributed by atoms with E-state index >= 15 is 0 Å². The average Bonchev–Trinajstić information content (AvgIpc) is 3.10. The van der Waals surface area contributed by atoms with E-state index in [9.17, 15) is 14.7 Å². The molecule has 1 N–H and O–H groups in total. The molecule has 0 amide bonds. The summed E-state index contributed by atoms with van der Waals surface area (Å²) in [6.45, 7) is 14.7. The van der Waals surface area contributed by atoms with Gasteiger partial charge in [0.2, 0.25) is 0 Å². The Hall–Kier alpha value is -2.94. The summed E-state index contributed by atoms with van der Waals surface area (Å²) in [5.41, 5.74) is 5.56. The number of hydrogen-bond acceptors (Lipinski definition) is 3. The summed E-state index contributed by atoms with van der Waals surface area (Å²) < 4.78 is 0. The maximum atomic E-state index is 13.3. The van der Waals surface area contributed by atoms with Crippen LogP contribution in [0, 0.1) is 6.92 Å². The van der Waals surface area contributed by atoms with Gasteiger partial charge in [-0.15, -0.1) is 0 Å². The number of carbonyl (C=O) groups excluding carboxylic acids is 2. The maximum Gasteiger partial charge on any atom is 0.193 e. The minimum absolute atomic E-state index is 0.0269. The van der Waals surface area contributed by atoms with E-state index in [2.05, 4.69) is 52.0 Å². The van der Waals surface area contributed by atoms with Gasteiger partial charge in [0.15, 0.2) is 11.6 Å². The Morgan fingerprint density at radius 2 is 1.41 bits per heavy atom. The van der Waals surface area contributed by atoms with Gasteiger partial charge in [-0.3, -0.25) is 9.59 Å². The summed E-state index contributed by atoms with van der Waals surface area (Å²) >= 11 is 0. The minimum atomic E-state index is -0.135. The number of ketones is 2. The Kier molecular flexibility index (Phi) is 6.33. The zero-order valence-electron chi connectivity index (χ0n) is 20.3. The number of allylic oxidation sites excluding steroid dienone is 4. The van der Waals surface area contributed by atoms with Crippen LogP contribution in [-0.4, -0.2) is 16.7 Å². The number of fused-ring (bicyclic) bond motifs is 1. The Morgan fingerprint density at radius 1 is 0.875 bits per heavy atom. The number of Topliss-reactive ketones (excluding diaryl/α,β-unsaturated/α-hetero) is 1. The molecule has 0 saturated heterocycles. The third-order valence-electron chi connectivity index (χ3n) is 6.51. The zero-order valence-corrected chi connectivity index (χ0v) is 20.3. The molecule has 0 heterocycles. The minimum Gasteiger partial charge on any atom is -0.512 e. The standard InChI is InChI=1S/C27H28O3.C2H6/c1-16-14-20-21(27(4,5)13-12-26(20,2)3)15-19(16)25(30)18-8-6-17(7-9-18)24-22(28)10-11-23(24)29;1-2/h6-9,12-15,28H,10-11H2,1-5H3;1-2H3. The molecule has 0 aliphatic heterocycles. The molecule has 0 bridgehead atoms. The van der Waals surface area contributed by atoms with Crippen molar-refractivity contribution in [2.24, 2.45) is 0 Å². The number of benzene rings is 2. The van der Waals surface area contributed by atoms with E-state index < -0.39 is 0 Å². The van der Waals surface area contributed by atoms with Gasteiger partial charge >= 0.3 is 0 Å². The first-order chi connectivity index (χ1) is 15.0. The van der Waals surface area contributed by atoms with E-state index in [1.165, 1.54) is 11.1 Å². The summed E-state index contributed by atoms with van der Waals surface area (Å²) in [7, 11) is 0. The van der Waals surface area contributed by atoms with E-state index in [1.54, 1.807) is 24.3 Å². The third kappa shape index (κ3) is 4.09. The molecule has 0 unspecified atom stereocenters. The van der Waals surface area contributed by atoms with Crippen LogP contribution in [0.5, 0.6) is 0 Å². The Morgan fingerprint density at radius 3 is 1.91 bits per heavy atom. The first-order valence-corrected chi connectivity index (χ1v) is 11.5. The first kappa shape index (κ1) is 23.7. The fraction of sp³-hybridized carbons (Fsp3) is 0.379. The van der Waals surface area contributed by atoms with Gasteiger partial charge in [-0.1, -0.05) is 84.0 Å². The lowest BCUT2D eigenvalue weighted by Gasteiger charge is -2.37. The van der Waals surface area contributed by atoms with Gasteiger partial charge in [0.1, 0.15) is 5.76 Å². The monoisotopic (exact) mass is 430 g/mol. The van der Waals surface area contributed by atoms with Gasteiger partial charge in [-0.2, -0.15) is 0 Å². The highest BCUT2D eigenvalue weighted by Crippen LogP contribution is 2.42. The molecule has 0 atom stereocenters. The molecule has 3 heteroatoms. The number of hydrogen-bond donors (Lipinski definition) is 1. The SMILES string of the molecule is CC.Cc1cc2c(cc1C(=O)c1ccc(C3=C(O)CCC3=O)cc1)C(C)(C)C=CC2(C)C. The van der Waals surface area contributed by atoms with Crippen LogP contribution in [0.3, 0.4) is 0 Å². The smallest absolute Gasteiger partial charge is 0.193 e. The lowest BCUT2D eigenvalue weighted by atomic mass is 9.67. The highest BCUT2D eigenvalue weighted by molar-refractivity contribution is 6.23. The van der Waals surface area contributed by atoms with E-state index in [4.69, 9.17) is 0 Å². The summed E-state index contributed by atoms with van der Waals surface area (Å²) in [6.07, 6.45) is 5.22. The van der Waals surface area contributed by atoms with E-state index in [1.807, 2.05) is 20.8 Å². The highest BCUT2D eigenvalue weighted by Gasteiger charge is 2.34. The predicted octanol–water partition coefficient (Wildman–Crippen LogP) is 7.01. The number of aliphatic hydroxyl groups excluding tert-OH is 1. The van der Waals surface area contributed by atoms with Crippen molar-refractivity contribution in [3.63, 3.8) is 0 Å². The molecule has 0 radical (unpaired) electrons. The van der Waals surface area contributed by atoms with Crippen molar-refractivity contribution in [3.8, 4) is 0 Å². The van der Waals surface area contributed by atoms with Gasteiger partial charge in [0.25, 0.3) is 0 Å². The van der Waals surface area contributed by atoms with Crippen molar-refractivity contribution in [1.82, 2.24) is 0 Å². The predicted molar refractivity (Wildman–Crippen MR) is 131 cm³/mol. The molecule has 2 aliphatic rings. The van der Waals surface area contributed by atoms with Crippen molar-refractivity contribution in [2.75, 3.05) is 0 Å². The van der Waals surface area contributed by atoms with Crippen LogP contribution in [0.15, 0.2) is 54.3 Å². The molecule has 2 aromatic rings. The highest BCUT2D eigenvalue weighted by atomic mass is 16.3. The largest absolute Gasteiger partial charge is 0.512 e. The molecule has 0 fully saturated rings. The molecule has 0 spiro atoms. The average molecular weight is 431 g/mol. The van der Waals surface area contributed by atoms with Crippen molar-refractivity contribution in [1.29, 1.82) is 0 Å². The Balaban J connectivity index is 0.00000141. The van der Waals surface area contributed by atoms with Crippen LogP contribution < -0.4 is 0 Å². The van der Waals surface area contributed by atoms with E-state index in [0.717, 1.165) is 5.56 Å². The van der Waals surface area contributed by atoms with Gasteiger partial charge in [0, 0.05) is 34.8 Å². The summed E-state index contributed by atoms with van der Waals surface area (Å²) in [5, 5.41) is 10.00. The summed E-state index contributed by atoms with van der Waals surface area (Å²) in [6, 6.07) is 11.2. The number of carbonyl (C=O) groups is 2. The molecular formula is C29H34O3. The molecule has 2 aliphatic carbocycles. The van der Waals surface area contributed by atoms with Crippen LogP contribution in [0.1, 0.15) is 92.6 Å². The fourth-order valence-corrected chi connectivity index (χ4v) is 4.53. The number of aryl methyl sites for hydroxylation is 1. The van der Waals surface area contributed by atoms with Gasteiger partial charge < -0.3 is 5.11 Å². The quantitative estimate of drug-likeness (QED) is 0.421. The normalized spacial score (nSPS) is 18.2. The van der Waals surface area contributed by atoms with Crippen LogP contribution in [0.25, 0.3) is 5.57 Å². The van der Waals surface area contributed by atoms with E-state index in [-0.39, 0.29) is 28.2 Å². The van der Waals surface area contributed by atoms with Crippen LogP contribution in [-0.2, 0) is 15.6 Å². The summed E-state index contributed by atoms with van der Waals surface area (Å²) in [5.74, 6) is 0.0680. The molecule has 0 saturated carbocycles. The second kappa shape index (κ2) is 8.54. The second-order valence-electron chi connectivity index (χ2n) is 9.64. The first-order valence-electron chi connectivity index (χ1n) is 11.5. The molecule has 168 valence electrons. The fourth-order valence-electron chi connectivity index (χ4n) is 4.53. The van der Waals surface area contributed by atoms with Crippen molar-refractivity contribution < 1.29 is 14.7 Å². The molecule has 3 nitrogen and oxygen atoms in total. The zero-order chi connectivity index (χ0) is 23.8. The Bertz CT molecular complexity index is 1130. The van der Waals surface area contributed by atoms with Gasteiger partial charge in [0.05, 0.1) is 5.57 Å². The lowest BCUT2D eigenvalue weighted by molar-refractivity contribution is -0.113. The second-order valence-corrected chi connectivity index (χ2v) is 9.64. The molecule has 4 rings (SSSR count). The van der Waals surface area contributed by atoms with Gasteiger partial charge in [-0.25, -0.2) is 0 Å². The number of aliphatic hydroxyl groups is 1. The van der Waals surface area contributed by atoms with Crippen LogP contribution in [0.4, 0.5) is 0 Å². The number of rotatable bonds is 3. The molecule has 2 aromatic carbocycles. The van der Waals surface area contributed by atoms with Crippen LogP contribution in [0.2, 0.25) is 0 Å². The molecule has 32 heavy (non-hydrogen) atoms. The van der Waals surface area contributed by atoms with Gasteiger partial charge in [-0.05, 0) is 35.2 Å². The van der Waals surface area contributed by atoms with Crippen LogP contribution >= 0.6 is 0 Å². The van der Waals surface area contributed by atoms with Crippen molar-refractivity contribution >= 4 is 17.1 Å². The van der Waals surface area contributed by atoms with Crippen molar-refractivity contribution in [2.45, 2.75) is 72.1 Å². The molecule has 0 aromatic heterocycles. The Labute approximate surface area is 191 Å². The summed E-state index contributed by atoms with van der Waals surface area (Å²) in [4.78, 5) is 25.4. The molecular weight excluding hydrogens is 396 g/mol. The lowest BCUT2D eigenvalue weighted by Crippen LogP contribution is -2.29. The maximum absolute atomic E-state index is 13.3. The topological polar surface area (TPSA) is 54.4 Å². The van der Waals surface area contributed by atoms with Crippen molar-refractivity contribution in [3.05, 3.63) is 87.7 Å².